The highest BCUT2D eigenvalue weighted by atomic mass is 16.1. The van der Waals surface area contributed by atoms with Crippen LogP contribution < -0.4 is 11.1 Å². The standard InChI is InChI=1S/C29H30N4O/c1-3-33-27-11-7-5-9-23(27)24-16-20(13-15-28(24)33)18-31-19(2)12-14-21-17-25(29(30)34)22-8-4-6-10-26(22)32-21/h4-11,13,15-17,19,31H,3,12,14,18H2,1-2H3,(H2,30,34). The number of benzene rings is 3. The van der Waals surface area contributed by atoms with Crippen molar-refractivity contribution in [3.8, 4) is 0 Å². The van der Waals surface area contributed by atoms with Gasteiger partial charge in [0.2, 0.25) is 5.91 Å². The molecule has 3 aromatic carbocycles. The lowest BCUT2D eigenvalue weighted by atomic mass is 10.0. The maximum atomic E-state index is 11.9. The lowest BCUT2D eigenvalue weighted by Gasteiger charge is -2.15. The van der Waals surface area contributed by atoms with E-state index in [1.807, 2.05) is 30.3 Å². The number of hydrogen-bond donors (Lipinski definition) is 2. The Balaban J connectivity index is 1.28. The second kappa shape index (κ2) is 9.27. The van der Waals surface area contributed by atoms with Crippen molar-refractivity contribution >= 4 is 38.6 Å². The Morgan fingerprint density at radius 3 is 2.50 bits per heavy atom. The number of primary amides is 1. The molecule has 0 spiro atoms. The van der Waals surface area contributed by atoms with Crippen molar-refractivity contribution in [3.05, 3.63) is 89.6 Å². The first-order valence-corrected chi connectivity index (χ1v) is 12.0. The van der Waals surface area contributed by atoms with E-state index in [1.54, 1.807) is 0 Å². The van der Waals surface area contributed by atoms with E-state index in [1.165, 1.54) is 27.4 Å². The molecule has 5 nitrogen and oxygen atoms in total. The Bertz CT molecular complexity index is 1500. The Labute approximate surface area is 199 Å². The van der Waals surface area contributed by atoms with Crippen molar-refractivity contribution in [2.45, 2.75) is 45.8 Å². The maximum absolute atomic E-state index is 11.9. The number of nitrogens with zero attached hydrogens (tertiary/aromatic N) is 2. The van der Waals surface area contributed by atoms with Gasteiger partial charge in [-0.05, 0) is 62.6 Å². The first kappa shape index (κ1) is 22.1. The monoisotopic (exact) mass is 450 g/mol. The number of pyridine rings is 1. The summed E-state index contributed by atoms with van der Waals surface area (Å²) in [5, 5.41) is 7.08. The Hall–Kier alpha value is -3.70. The summed E-state index contributed by atoms with van der Waals surface area (Å²) in [6, 6.07) is 25.2. The molecule has 0 aliphatic rings. The summed E-state index contributed by atoms with van der Waals surface area (Å²) in [4.78, 5) is 16.7. The molecule has 5 heteroatoms. The minimum absolute atomic E-state index is 0.304. The van der Waals surface area contributed by atoms with Gasteiger partial charge in [0.25, 0.3) is 0 Å². The Morgan fingerprint density at radius 2 is 1.71 bits per heavy atom. The molecule has 0 fully saturated rings. The van der Waals surface area contributed by atoms with Gasteiger partial charge in [0, 0.05) is 52.0 Å². The van der Waals surface area contributed by atoms with Gasteiger partial charge in [-0.1, -0.05) is 42.5 Å². The molecule has 1 atom stereocenters. The average molecular weight is 451 g/mol. The Kier molecular flexibility index (Phi) is 6.03. The van der Waals surface area contributed by atoms with Gasteiger partial charge < -0.3 is 15.6 Å². The molecule has 0 radical (unpaired) electrons. The SMILES string of the molecule is CCn1c2ccccc2c2cc(CNC(C)CCc3cc(C(N)=O)c4ccccc4n3)ccc21. The van der Waals surface area contributed by atoms with Gasteiger partial charge in [-0.2, -0.15) is 0 Å². The number of carbonyl (C=O) groups excluding carboxylic acids is 1. The van der Waals surface area contributed by atoms with E-state index in [0.717, 1.165) is 42.5 Å². The predicted molar refractivity (Wildman–Crippen MR) is 140 cm³/mol. The van der Waals surface area contributed by atoms with E-state index >= 15 is 0 Å². The number of fused-ring (bicyclic) bond motifs is 4. The average Bonchev–Trinajstić information content (AvgIpc) is 3.18. The molecule has 34 heavy (non-hydrogen) atoms. The molecule has 1 unspecified atom stereocenters. The van der Waals surface area contributed by atoms with Crippen molar-refractivity contribution in [2.75, 3.05) is 0 Å². The minimum Gasteiger partial charge on any atom is -0.366 e. The van der Waals surface area contributed by atoms with Crippen LogP contribution in [0.4, 0.5) is 0 Å². The molecule has 0 saturated carbocycles. The van der Waals surface area contributed by atoms with Crippen LogP contribution in [-0.4, -0.2) is 21.5 Å². The van der Waals surface area contributed by atoms with Crippen LogP contribution in [0, 0.1) is 0 Å². The van der Waals surface area contributed by atoms with Gasteiger partial charge in [-0.25, -0.2) is 0 Å². The number of aryl methyl sites for hydroxylation is 2. The highest BCUT2D eigenvalue weighted by molar-refractivity contribution is 6.08. The third-order valence-electron chi connectivity index (χ3n) is 6.68. The molecule has 172 valence electrons. The highest BCUT2D eigenvalue weighted by Crippen LogP contribution is 2.29. The van der Waals surface area contributed by atoms with Gasteiger partial charge in [0.15, 0.2) is 0 Å². The minimum atomic E-state index is -0.411. The van der Waals surface area contributed by atoms with Crippen molar-refractivity contribution in [1.82, 2.24) is 14.9 Å². The number of aromatic nitrogens is 2. The van der Waals surface area contributed by atoms with Crippen LogP contribution in [0.1, 0.15) is 41.9 Å². The molecular formula is C29H30N4O. The molecule has 3 N–H and O–H groups in total. The van der Waals surface area contributed by atoms with Crippen LogP contribution >= 0.6 is 0 Å². The summed E-state index contributed by atoms with van der Waals surface area (Å²) in [5.41, 5.74) is 11.7. The van der Waals surface area contributed by atoms with Gasteiger partial charge in [-0.15, -0.1) is 0 Å². The van der Waals surface area contributed by atoms with E-state index in [0.29, 0.717) is 11.6 Å². The number of nitrogens with two attached hydrogens (primary N) is 1. The fourth-order valence-corrected chi connectivity index (χ4v) is 4.87. The van der Waals surface area contributed by atoms with Gasteiger partial charge in [0.1, 0.15) is 0 Å². The van der Waals surface area contributed by atoms with Gasteiger partial charge >= 0.3 is 0 Å². The highest BCUT2D eigenvalue weighted by Gasteiger charge is 2.12. The lowest BCUT2D eigenvalue weighted by Crippen LogP contribution is -2.26. The van der Waals surface area contributed by atoms with Crippen LogP contribution in [0.2, 0.25) is 0 Å². The fraction of sp³-hybridized carbons (Fsp3) is 0.241. The first-order chi connectivity index (χ1) is 16.5. The number of rotatable bonds is 8. The van der Waals surface area contributed by atoms with Crippen LogP contribution in [-0.2, 0) is 19.5 Å². The van der Waals surface area contributed by atoms with Crippen LogP contribution in [0.25, 0.3) is 32.7 Å². The summed E-state index contributed by atoms with van der Waals surface area (Å²) < 4.78 is 2.38. The zero-order valence-electron chi connectivity index (χ0n) is 19.7. The number of para-hydroxylation sites is 2. The van der Waals surface area contributed by atoms with E-state index in [2.05, 4.69) is 66.2 Å². The molecule has 2 aromatic heterocycles. The molecule has 0 aliphatic carbocycles. The smallest absolute Gasteiger partial charge is 0.249 e. The Morgan fingerprint density at radius 1 is 0.971 bits per heavy atom. The largest absolute Gasteiger partial charge is 0.366 e. The number of carbonyl (C=O) groups is 1. The third-order valence-corrected chi connectivity index (χ3v) is 6.68. The normalized spacial score (nSPS) is 12.5. The molecule has 5 rings (SSSR count). The predicted octanol–water partition coefficient (Wildman–Crippen LogP) is 5.57. The van der Waals surface area contributed by atoms with Crippen molar-refractivity contribution in [1.29, 1.82) is 0 Å². The summed E-state index contributed by atoms with van der Waals surface area (Å²) in [7, 11) is 0. The summed E-state index contributed by atoms with van der Waals surface area (Å²) in [5.74, 6) is -0.411. The molecular weight excluding hydrogens is 420 g/mol. The van der Waals surface area contributed by atoms with Crippen molar-refractivity contribution in [3.63, 3.8) is 0 Å². The van der Waals surface area contributed by atoms with Gasteiger partial charge in [-0.3, -0.25) is 9.78 Å². The molecule has 0 saturated heterocycles. The van der Waals surface area contributed by atoms with Crippen molar-refractivity contribution < 1.29 is 4.79 Å². The van der Waals surface area contributed by atoms with E-state index in [-0.39, 0.29) is 0 Å². The number of nitrogens with one attached hydrogen (secondary N) is 1. The van der Waals surface area contributed by atoms with E-state index in [4.69, 9.17) is 10.7 Å². The summed E-state index contributed by atoms with van der Waals surface area (Å²) in [6.07, 6.45) is 1.70. The number of hydrogen-bond acceptors (Lipinski definition) is 3. The number of amides is 1. The quantitative estimate of drug-likeness (QED) is 0.324. The second-order valence-electron chi connectivity index (χ2n) is 8.98. The first-order valence-electron chi connectivity index (χ1n) is 12.0. The zero-order valence-corrected chi connectivity index (χ0v) is 19.7. The molecule has 1 amide bonds. The summed E-state index contributed by atoms with van der Waals surface area (Å²) >= 11 is 0. The second-order valence-corrected chi connectivity index (χ2v) is 8.98. The van der Waals surface area contributed by atoms with Crippen molar-refractivity contribution in [2.24, 2.45) is 5.73 Å². The molecule has 0 aliphatic heterocycles. The van der Waals surface area contributed by atoms with Crippen LogP contribution in [0.15, 0.2) is 72.8 Å². The molecule has 0 bridgehead atoms. The third kappa shape index (κ3) is 4.15. The van der Waals surface area contributed by atoms with Crippen LogP contribution in [0.5, 0.6) is 0 Å². The lowest BCUT2D eigenvalue weighted by molar-refractivity contribution is 0.100. The molecule has 5 aromatic rings. The zero-order chi connectivity index (χ0) is 23.7. The van der Waals surface area contributed by atoms with E-state index < -0.39 is 5.91 Å². The topological polar surface area (TPSA) is 72.9 Å². The van der Waals surface area contributed by atoms with Gasteiger partial charge in [0.05, 0.1) is 11.1 Å². The molecule has 2 heterocycles. The van der Waals surface area contributed by atoms with Crippen LogP contribution in [0.3, 0.4) is 0 Å². The maximum Gasteiger partial charge on any atom is 0.249 e. The summed E-state index contributed by atoms with van der Waals surface area (Å²) in [6.45, 7) is 6.15. The fourth-order valence-electron chi connectivity index (χ4n) is 4.87. The van der Waals surface area contributed by atoms with E-state index in [9.17, 15) is 4.79 Å².